The number of nitrogens with zero attached hydrogens (tertiary/aromatic N) is 2. The maximum absolute atomic E-state index is 9.38. The van der Waals surface area contributed by atoms with Gasteiger partial charge in [0.05, 0.1) is 6.07 Å². The van der Waals surface area contributed by atoms with Crippen molar-refractivity contribution in [2.45, 2.75) is 71.0 Å². The van der Waals surface area contributed by atoms with Gasteiger partial charge < -0.3 is 0 Å². The summed E-state index contributed by atoms with van der Waals surface area (Å²) in [5.74, 6) is 0. The van der Waals surface area contributed by atoms with Crippen LogP contribution in [0, 0.1) is 11.3 Å². The van der Waals surface area contributed by atoms with Crippen LogP contribution in [0.25, 0.3) is 0 Å². The second-order valence-corrected chi connectivity index (χ2v) is 5.91. The van der Waals surface area contributed by atoms with E-state index in [0.717, 1.165) is 13.1 Å². The van der Waals surface area contributed by atoms with Crippen molar-refractivity contribution in [1.29, 1.82) is 5.26 Å². The van der Waals surface area contributed by atoms with Crippen LogP contribution in [-0.2, 0) is 0 Å². The van der Waals surface area contributed by atoms with Crippen molar-refractivity contribution in [1.82, 2.24) is 10.2 Å². The molecule has 98 valence electrons. The van der Waals surface area contributed by atoms with Crippen LogP contribution in [0.15, 0.2) is 0 Å². The lowest BCUT2D eigenvalue weighted by molar-refractivity contribution is 0.169. The summed E-state index contributed by atoms with van der Waals surface area (Å²) in [6.07, 6.45) is 5.21. The van der Waals surface area contributed by atoms with Crippen LogP contribution in [0.5, 0.6) is 0 Å². The first-order chi connectivity index (χ1) is 7.97. The highest BCUT2D eigenvalue weighted by Gasteiger charge is 2.29. The predicted octanol–water partition coefficient (Wildman–Crippen LogP) is 2.53. The van der Waals surface area contributed by atoms with Gasteiger partial charge in [-0.15, -0.1) is 0 Å². The Hall–Kier alpha value is -0.590. The predicted molar refractivity (Wildman–Crippen MR) is 71.8 cm³/mol. The SMILES string of the molecule is CC(C)NC(C)(C#N)CN1CCCCCC1C. The minimum Gasteiger partial charge on any atom is -0.298 e. The van der Waals surface area contributed by atoms with Gasteiger partial charge in [0.15, 0.2) is 0 Å². The Kier molecular flexibility index (Phi) is 5.42. The molecule has 1 aliphatic rings. The Labute approximate surface area is 106 Å². The first-order valence-electron chi connectivity index (χ1n) is 6.90. The van der Waals surface area contributed by atoms with Crippen LogP contribution in [0.1, 0.15) is 53.4 Å². The van der Waals surface area contributed by atoms with Crippen LogP contribution < -0.4 is 5.32 Å². The molecule has 1 fully saturated rings. The van der Waals surface area contributed by atoms with Gasteiger partial charge in [-0.2, -0.15) is 5.26 Å². The monoisotopic (exact) mass is 237 g/mol. The van der Waals surface area contributed by atoms with Gasteiger partial charge in [0.25, 0.3) is 0 Å². The Morgan fingerprint density at radius 3 is 2.71 bits per heavy atom. The third-order valence-corrected chi connectivity index (χ3v) is 3.56. The molecule has 0 aromatic heterocycles. The first-order valence-corrected chi connectivity index (χ1v) is 6.90. The molecule has 2 atom stereocenters. The van der Waals surface area contributed by atoms with Gasteiger partial charge in [0.2, 0.25) is 0 Å². The van der Waals surface area contributed by atoms with E-state index >= 15 is 0 Å². The molecule has 1 rings (SSSR count). The maximum Gasteiger partial charge on any atom is 0.116 e. The minimum absolute atomic E-state index is 0.349. The van der Waals surface area contributed by atoms with Crippen LogP contribution in [0.4, 0.5) is 0 Å². The van der Waals surface area contributed by atoms with Crippen LogP contribution >= 0.6 is 0 Å². The fraction of sp³-hybridized carbons (Fsp3) is 0.929. The number of rotatable bonds is 4. The largest absolute Gasteiger partial charge is 0.298 e. The normalized spacial score (nSPS) is 26.2. The summed E-state index contributed by atoms with van der Waals surface area (Å²) in [5, 5.41) is 12.8. The number of nitrogens with one attached hydrogen (secondary N) is 1. The molecule has 0 amide bonds. The van der Waals surface area contributed by atoms with E-state index < -0.39 is 5.54 Å². The topological polar surface area (TPSA) is 39.1 Å². The molecule has 0 saturated carbocycles. The summed E-state index contributed by atoms with van der Waals surface area (Å²) < 4.78 is 0. The van der Waals surface area contributed by atoms with Gasteiger partial charge in [-0.3, -0.25) is 10.2 Å². The summed E-state index contributed by atoms with van der Waals surface area (Å²) in [6, 6.07) is 3.40. The molecular weight excluding hydrogens is 210 g/mol. The van der Waals surface area contributed by atoms with E-state index in [2.05, 4.69) is 37.1 Å². The molecule has 0 aliphatic carbocycles. The van der Waals surface area contributed by atoms with E-state index in [9.17, 15) is 5.26 Å². The molecular formula is C14H27N3. The lowest BCUT2D eigenvalue weighted by Crippen LogP contribution is -2.54. The zero-order valence-electron chi connectivity index (χ0n) is 11.8. The molecule has 0 spiro atoms. The van der Waals surface area contributed by atoms with E-state index in [4.69, 9.17) is 0 Å². The third kappa shape index (κ3) is 4.65. The summed E-state index contributed by atoms with van der Waals surface area (Å²) >= 11 is 0. The Morgan fingerprint density at radius 1 is 1.41 bits per heavy atom. The van der Waals surface area contributed by atoms with Gasteiger partial charge in [-0.05, 0) is 47.1 Å². The molecule has 1 saturated heterocycles. The van der Waals surface area contributed by atoms with Gasteiger partial charge >= 0.3 is 0 Å². The van der Waals surface area contributed by atoms with Crippen molar-refractivity contribution < 1.29 is 0 Å². The Balaban J connectivity index is 2.62. The molecule has 0 bridgehead atoms. The highest BCUT2D eigenvalue weighted by Crippen LogP contribution is 2.19. The standard InChI is InChI=1S/C14H27N3/c1-12(2)16-14(4,10-15)11-17-9-7-5-6-8-13(17)3/h12-13,16H,5-9,11H2,1-4H3. The van der Waals surface area contributed by atoms with E-state index in [-0.39, 0.29) is 0 Å². The van der Waals surface area contributed by atoms with E-state index in [1.165, 1.54) is 25.7 Å². The number of hydrogen-bond acceptors (Lipinski definition) is 3. The van der Waals surface area contributed by atoms with Crippen LogP contribution in [-0.4, -0.2) is 35.6 Å². The van der Waals surface area contributed by atoms with Gasteiger partial charge in [-0.1, -0.05) is 12.8 Å². The average molecular weight is 237 g/mol. The van der Waals surface area contributed by atoms with Crippen molar-refractivity contribution in [3.05, 3.63) is 0 Å². The zero-order valence-corrected chi connectivity index (χ0v) is 11.8. The molecule has 1 heterocycles. The maximum atomic E-state index is 9.38. The third-order valence-electron chi connectivity index (χ3n) is 3.56. The fourth-order valence-electron chi connectivity index (χ4n) is 2.73. The second kappa shape index (κ2) is 6.37. The lowest BCUT2D eigenvalue weighted by atomic mass is 10.0. The quantitative estimate of drug-likeness (QED) is 0.816. The zero-order chi connectivity index (χ0) is 12.9. The Bertz CT molecular complexity index is 269. The van der Waals surface area contributed by atoms with Crippen molar-refractivity contribution in [3.8, 4) is 6.07 Å². The summed E-state index contributed by atoms with van der Waals surface area (Å²) in [5.41, 5.74) is -0.424. The summed E-state index contributed by atoms with van der Waals surface area (Å²) in [4.78, 5) is 2.48. The smallest absolute Gasteiger partial charge is 0.116 e. The second-order valence-electron chi connectivity index (χ2n) is 5.91. The minimum atomic E-state index is -0.424. The number of hydrogen-bond donors (Lipinski definition) is 1. The van der Waals surface area contributed by atoms with Crippen LogP contribution in [0.3, 0.4) is 0 Å². The molecule has 2 unspecified atom stereocenters. The number of likely N-dealkylation sites (tertiary alicyclic amines) is 1. The number of nitriles is 1. The Morgan fingerprint density at radius 2 is 2.12 bits per heavy atom. The molecule has 3 nitrogen and oxygen atoms in total. The average Bonchev–Trinajstić information content (AvgIpc) is 2.43. The van der Waals surface area contributed by atoms with E-state index in [1.807, 2.05) is 6.92 Å². The fourth-order valence-corrected chi connectivity index (χ4v) is 2.73. The first kappa shape index (κ1) is 14.5. The van der Waals surface area contributed by atoms with Crippen LogP contribution in [0.2, 0.25) is 0 Å². The van der Waals surface area contributed by atoms with Gasteiger partial charge in [-0.25, -0.2) is 0 Å². The van der Waals surface area contributed by atoms with E-state index in [1.54, 1.807) is 0 Å². The van der Waals surface area contributed by atoms with Crippen molar-refractivity contribution in [3.63, 3.8) is 0 Å². The molecule has 0 aromatic carbocycles. The summed E-state index contributed by atoms with van der Waals surface area (Å²) in [7, 11) is 0. The molecule has 1 N–H and O–H groups in total. The molecule has 1 aliphatic heterocycles. The molecule has 17 heavy (non-hydrogen) atoms. The highest BCUT2D eigenvalue weighted by molar-refractivity contribution is 5.07. The summed E-state index contributed by atoms with van der Waals surface area (Å²) in [6.45, 7) is 10.5. The molecule has 0 aromatic rings. The van der Waals surface area contributed by atoms with Crippen molar-refractivity contribution in [2.75, 3.05) is 13.1 Å². The van der Waals surface area contributed by atoms with E-state index in [0.29, 0.717) is 12.1 Å². The van der Waals surface area contributed by atoms with Gasteiger partial charge in [0, 0.05) is 18.6 Å². The van der Waals surface area contributed by atoms with Crippen molar-refractivity contribution >= 4 is 0 Å². The highest BCUT2D eigenvalue weighted by atomic mass is 15.2. The molecule has 3 heteroatoms. The molecule has 0 radical (unpaired) electrons. The van der Waals surface area contributed by atoms with Gasteiger partial charge in [0.1, 0.15) is 5.54 Å². The lowest BCUT2D eigenvalue weighted by Gasteiger charge is -2.35. The van der Waals surface area contributed by atoms with Crippen molar-refractivity contribution in [2.24, 2.45) is 0 Å².